The molecule has 4 aromatic rings. The first-order valence-electron chi connectivity index (χ1n) is 9.69. The molecule has 0 bridgehead atoms. The first-order valence-corrected chi connectivity index (χ1v) is 13.1. The summed E-state index contributed by atoms with van der Waals surface area (Å²) in [6.07, 6.45) is 0. The van der Waals surface area contributed by atoms with Gasteiger partial charge in [-0.15, -0.1) is 23.1 Å². The number of anilines is 2. The van der Waals surface area contributed by atoms with E-state index in [0.717, 1.165) is 22.7 Å². The number of carbonyl (C=O) groups excluding carboxylic acids is 1. The molecule has 0 radical (unpaired) electrons. The maximum Gasteiger partial charge on any atom is 0.261 e. The van der Waals surface area contributed by atoms with Crippen molar-refractivity contribution in [2.24, 2.45) is 0 Å². The Morgan fingerprint density at radius 2 is 1.67 bits per heavy atom. The van der Waals surface area contributed by atoms with E-state index in [4.69, 9.17) is 0 Å². The van der Waals surface area contributed by atoms with Crippen molar-refractivity contribution in [2.75, 3.05) is 10.0 Å². The molecule has 0 saturated heterocycles. The third kappa shape index (κ3) is 5.98. The van der Waals surface area contributed by atoms with Crippen molar-refractivity contribution in [3.63, 3.8) is 0 Å². The molecule has 3 aromatic carbocycles. The van der Waals surface area contributed by atoms with Crippen molar-refractivity contribution < 1.29 is 17.6 Å². The zero-order chi connectivity index (χ0) is 23.3. The van der Waals surface area contributed by atoms with Crippen LogP contribution in [0.1, 0.15) is 16.1 Å². The Bertz CT molecular complexity index is 1340. The van der Waals surface area contributed by atoms with Crippen LogP contribution >= 0.6 is 23.1 Å². The maximum absolute atomic E-state index is 13.1. The number of aromatic nitrogens is 1. The summed E-state index contributed by atoms with van der Waals surface area (Å²) in [6.45, 7) is 0. The fourth-order valence-corrected chi connectivity index (χ4v) is 5.56. The van der Waals surface area contributed by atoms with Crippen molar-refractivity contribution in [1.29, 1.82) is 0 Å². The summed E-state index contributed by atoms with van der Waals surface area (Å²) in [5.74, 6) is -0.121. The van der Waals surface area contributed by atoms with Crippen LogP contribution in [0.5, 0.6) is 0 Å². The van der Waals surface area contributed by atoms with Gasteiger partial charge in [-0.05, 0) is 60.7 Å². The molecule has 33 heavy (non-hydrogen) atoms. The lowest BCUT2D eigenvalue weighted by molar-refractivity contribution is 0.102. The largest absolute Gasteiger partial charge is 0.322 e. The van der Waals surface area contributed by atoms with E-state index < -0.39 is 15.8 Å². The summed E-state index contributed by atoms with van der Waals surface area (Å²) >= 11 is 3.06. The van der Waals surface area contributed by atoms with Crippen LogP contribution in [0.25, 0.3) is 0 Å². The number of nitrogens with one attached hydrogen (secondary N) is 2. The number of carbonyl (C=O) groups is 1. The fraction of sp³-hybridized carbons (Fsp3) is 0.0435. The highest BCUT2D eigenvalue weighted by Crippen LogP contribution is 2.27. The first kappa shape index (κ1) is 23.0. The Hall–Kier alpha value is -3.21. The predicted molar refractivity (Wildman–Crippen MR) is 130 cm³/mol. The van der Waals surface area contributed by atoms with E-state index in [9.17, 15) is 17.6 Å². The Morgan fingerprint density at radius 3 is 2.36 bits per heavy atom. The molecule has 0 spiro atoms. The number of thiazole rings is 1. The Morgan fingerprint density at radius 1 is 0.970 bits per heavy atom. The van der Waals surface area contributed by atoms with Crippen molar-refractivity contribution in [2.45, 2.75) is 15.5 Å². The molecule has 1 aromatic heterocycles. The minimum atomic E-state index is -3.85. The van der Waals surface area contributed by atoms with Crippen LogP contribution in [0, 0.1) is 5.82 Å². The van der Waals surface area contributed by atoms with E-state index in [1.54, 1.807) is 41.9 Å². The number of hydrogen-bond acceptors (Lipinski definition) is 6. The highest BCUT2D eigenvalue weighted by Gasteiger charge is 2.15. The SMILES string of the molecule is O=C(Nc1ccc(NS(=O)(=O)c2ccc(F)cc2)cc1)c1ccccc1SCc1cscn1. The van der Waals surface area contributed by atoms with Crippen LogP contribution in [0.2, 0.25) is 0 Å². The van der Waals surface area contributed by atoms with Gasteiger partial charge in [-0.1, -0.05) is 12.1 Å². The predicted octanol–water partition coefficient (Wildman–Crippen LogP) is 5.63. The quantitative estimate of drug-likeness (QED) is 0.307. The number of thioether (sulfide) groups is 1. The van der Waals surface area contributed by atoms with Gasteiger partial charge in [0.15, 0.2) is 0 Å². The third-order valence-corrected chi connectivity index (χ3v) is 7.65. The van der Waals surface area contributed by atoms with Gasteiger partial charge in [-0.2, -0.15) is 0 Å². The molecule has 0 saturated carbocycles. The van der Waals surface area contributed by atoms with Gasteiger partial charge in [-0.3, -0.25) is 9.52 Å². The molecule has 4 rings (SSSR count). The molecule has 0 atom stereocenters. The number of rotatable bonds is 8. The van der Waals surface area contributed by atoms with Crippen LogP contribution < -0.4 is 10.0 Å². The molecule has 0 aliphatic carbocycles. The average molecular weight is 500 g/mol. The number of hydrogen-bond donors (Lipinski definition) is 2. The molecule has 6 nitrogen and oxygen atoms in total. The van der Waals surface area contributed by atoms with Crippen molar-refractivity contribution in [3.8, 4) is 0 Å². The van der Waals surface area contributed by atoms with Gasteiger partial charge in [0, 0.05) is 27.4 Å². The molecule has 1 amide bonds. The zero-order valence-corrected chi connectivity index (χ0v) is 19.5. The topological polar surface area (TPSA) is 88.2 Å². The first-order chi connectivity index (χ1) is 15.9. The van der Waals surface area contributed by atoms with Gasteiger partial charge in [0.2, 0.25) is 0 Å². The Kier molecular flexibility index (Phi) is 7.07. The van der Waals surface area contributed by atoms with Crippen LogP contribution in [0.3, 0.4) is 0 Å². The molecule has 168 valence electrons. The molecular weight excluding hydrogens is 481 g/mol. The molecule has 0 fully saturated rings. The van der Waals surface area contributed by atoms with Gasteiger partial charge in [0.05, 0.1) is 21.7 Å². The van der Waals surface area contributed by atoms with Crippen LogP contribution in [-0.2, 0) is 15.8 Å². The summed E-state index contributed by atoms with van der Waals surface area (Å²) in [5, 5.41) is 4.81. The van der Waals surface area contributed by atoms with Crippen molar-refractivity contribution >= 4 is 50.4 Å². The molecule has 10 heteroatoms. The lowest BCUT2D eigenvalue weighted by Crippen LogP contribution is -2.14. The minimum Gasteiger partial charge on any atom is -0.322 e. The summed E-state index contributed by atoms with van der Waals surface area (Å²) in [5.41, 5.74) is 4.11. The molecule has 2 N–H and O–H groups in total. The lowest BCUT2D eigenvalue weighted by atomic mass is 10.2. The highest BCUT2D eigenvalue weighted by atomic mass is 32.2. The van der Waals surface area contributed by atoms with Gasteiger partial charge in [0.25, 0.3) is 15.9 Å². The highest BCUT2D eigenvalue weighted by molar-refractivity contribution is 7.98. The van der Waals surface area contributed by atoms with E-state index in [1.165, 1.54) is 35.2 Å². The van der Waals surface area contributed by atoms with E-state index in [-0.39, 0.29) is 10.8 Å². The number of amides is 1. The summed E-state index contributed by atoms with van der Waals surface area (Å²) in [6, 6.07) is 18.2. The van der Waals surface area contributed by atoms with E-state index in [1.807, 2.05) is 17.5 Å². The van der Waals surface area contributed by atoms with Gasteiger partial charge in [-0.25, -0.2) is 17.8 Å². The van der Waals surface area contributed by atoms with E-state index in [0.29, 0.717) is 22.7 Å². The second kappa shape index (κ2) is 10.2. The Labute approximate surface area is 199 Å². The molecular formula is C23H18FN3O3S3. The zero-order valence-electron chi connectivity index (χ0n) is 17.1. The number of nitrogens with zero attached hydrogens (tertiary/aromatic N) is 1. The number of benzene rings is 3. The van der Waals surface area contributed by atoms with Gasteiger partial charge >= 0.3 is 0 Å². The van der Waals surface area contributed by atoms with Crippen molar-refractivity contribution in [3.05, 3.63) is 101 Å². The molecule has 0 aliphatic heterocycles. The van der Waals surface area contributed by atoms with Gasteiger partial charge in [0.1, 0.15) is 5.82 Å². The van der Waals surface area contributed by atoms with Crippen LogP contribution in [-0.4, -0.2) is 19.3 Å². The summed E-state index contributed by atoms with van der Waals surface area (Å²) < 4.78 is 40.4. The van der Waals surface area contributed by atoms with Crippen LogP contribution in [0.15, 0.2) is 93.5 Å². The van der Waals surface area contributed by atoms with E-state index in [2.05, 4.69) is 15.0 Å². The summed E-state index contributed by atoms with van der Waals surface area (Å²) in [7, 11) is -3.85. The van der Waals surface area contributed by atoms with Crippen LogP contribution in [0.4, 0.5) is 15.8 Å². The van der Waals surface area contributed by atoms with Crippen molar-refractivity contribution in [1.82, 2.24) is 4.98 Å². The second-order valence-electron chi connectivity index (χ2n) is 6.86. The fourth-order valence-electron chi connectivity index (χ4n) is 2.89. The average Bonchev–Trinajstić information content (AvgIpc) is 3.33. The monoisotopic (exact) mass is 499 g/mol. The Balaban J connectivity index is 1.42. The molecule has 1 heterocycles. The standard InChI is InChI=1S/C23H18FN3O3S3/c24-16-5-11-20(12-6-16)33(29,30)27-18-9-7-17(8-10-18)26-23(28)21-3-1-2-4-22(21)32-14-19-13-31-15-25-19/h1-13,15,27H,14H2,(H,26,28). The molecule has 0 unspecified atom stereocenters. The number of sulfonamides is 1. The number of halogens is 1. The summed E-state index contributed by atoms with van der Waals surface area (Å²) in [4.78, 5) is 17.9. The lowest BCUT2D eigenvalue weighted by Gasteiger charge is -2.11. The maximum atomic E-state index is 13.1. The van der Waals surface area contributed by atoms with E-state index >= 15 is 0 Å². The smallest absolute Gasteiger partial charge is 0.261 e. The minimum absolute atomic E-state index is 0.0481. The molecule has 0 aliphatic rings. The van der Waals surface area contributed by atoms with Gasteiger partial charge < -0.3 is 5.32 Å². The third-order valence-electron chi connectivity index (χ3n) is 4.51. The second-order valence-corrected chi connectivity index (χ2v) is 10.3. The normalized spacial score (nSPS) is 11.2.